The van der Waals surface area contributed by atoms with Crippen LogP contribution in [0.25, 0.3) is 0 Å². The topological polar surface area (TPSA) is 106 Å². The number of carbonyl (C=O) groups is 1. The van der Waals surface area contributed by atoms with Gasteiger partial charge in [-0.1, -0.05) is 43.7 Å². The number of urea groups is 1. The van der Waals surface area contributed by atoms with Crippen LogP contribution in [0.3, 0.4) is 0 Å². The van der Waals surface area contributed by atoms with E-state index in [9.17, 15) is 4.79 Å². The Labute approximate surface area is 241 Å². The number of fused-ring (bicyclic) bond motifs is 1. The summed E-state index contributed by atoms with van der Waals surface area (Å²) in [7, 11) is 3.13. The average molecular weight is 569 g/mol. The lowest BCUT2D eigenvalue weighted by Gasteiger charge is -2.40. The lowest BCUT2D eigenvalue weighted by molar-refractivity contribution is 0.177. The SMILES string of the molecule is COc1cc(OC)c(Cl)c(N2Cc3cnc(NC4CC(C5CCCCC5)CCC4N)nc3N(CC3CC3)C2=O)c1. The van der Waals surface area contributed by atoms with Gasteiger partial charge in [-0.05, 0) is 49.9 Å². The van der Waals surface area contributed by atoms with Crippen molar-refractivity contribution in [3.05, 3.63) is 28.9 Å². The standard InChI is InChI=1S/C30H41ClN6O3/c1-39-22-13-25(27(31)26(14-22)40-2)36-17-21-15-33-29(35-28(21)37(30(36)38)16-18-8-9-18)34-24-12-20(10-11-23(24)32)19-6-4-3-5-7-19/h13-15,18-20,23-24H,3-12,16-17,32H2,1-2H3,(H,33,34,35). The molecule has 3 aliphatic carbocycles. The van der Waals surface area contributed by atoms with Crippen LogP contribution in [0.5, 0.6) is 11.5 Å². The number of hydrogen-bond donors (Lipinski definition) is 2. The molecule has 0 spiro atoms. The number of hydrogen-bond acceptors (Lipinski definition) is 7. The Balaban J connectivity index is 1.26. The van der Waals surface area contributed by atoms with Gasteiger partial charge in [0.25, 0.3) is 0 Å². The van der Waals surface area contributed by atoms with Crippen molar-refractivity contribution in [3.63, 3.8) is 0 Å². The number of amides is 2. The van der Waals surface area contributed by atoms with E-state index in [1.807, 2.05) is 6.20 Å². The van der Waals surface area contributed by atoms with Gasteiger partial charge in [0.05, 0.1) is 26.5 Å². The van der Waals surface area contributed by atoms with Crippen LogP contribution in [0.1, 0.15) is 69.8 Å². The Kier molecular flexibility index (Phi) is 7.95. The van der Waals surface area contributed by atoms with E-state index in [4.69, 9.17) is 36.8 Å². The minimum Gasteiger partial charge on any atom is -0.497 e. The maximum absolute atomic E-state index is 14.0. The highest BCUT2D eigenvalue weighted by atomic mass is 35.5. The molecule has 2 heterocycles. The van der Waals surface area contributed by atoms with Crippen molar-refractivity contribution in [3.8, 4) is 11.5 Å². The molecule has 9 nitrogen and oxygen atoms in total. The molecule has 3 fully saturated rings. The summed E-state index contributed by atoms with van der Waals surface area (Å²) in [6, 6.07) is 3.53. The second kappa shape index (κ2) is 11.6. The zero-order chi connectivity index (χ0) is 27.8. The molecule has 2 aromatic rings. The molecule has 3 unspecified atom stereocenters. The van der Waals surface area contributed by atoms with Gasteiger partial charge >= 0.3 is 6.03 Å². The smallest absolute Gasteiger partial charge is 0.330 e. The van der Waals surface area contributed by atoms with Gasteiger partial charge in [0.1, 0.15) is 22.3 Å². The van der Waals surface area contributed by atoms with Crippen LogP contribution >= 0.6 is 11.6 Å². The number of carbonyl (C=O) groups excluding carboxylic acids is 1. The van der Waals surface area contributed by atoms with E-state index in [0.29, 0.717) is 58.9 Å². The molecule has 4 aliphatic rings. The summed E-state index contributed by atoms with van der Waals surface area (Å²) in [6.45, 7) is 0.919. The van der Waals surface area contributed by atoms with Crippen LogP contribution in [-0.4, -0.2) is 48.8 Å². The first-order valence-corrected chi connectivity index (χ1v) is 15.2. The molecule has 10 heteroatoms. The molecule has 3 N–H and O–H groups in total. The van der Waals surface area contributed by atoms with Gasteiger partial charge in [-0.15, -0.1) is 0 Å². The second-order valence-electron chi connectivity index (χ2n) is 12.0. The van der Waals surface area contributed by atoms with Crippen molar-refractivity contribution < 1.29 is 14.3 Å². The van der Waals surface area contributed by atoms with Crippen molar-refractivity contribution in [2.75, 3.05) is 35.9 Å². The van der Waals surface area contributed by atoms with Gasteiger partial charge in [-0.2, -0.15) is 4.98 Å². The third kappa shape index (κ3) is 5.55. The molecule has 0 saturated heterocycles. The number of benzene rings is 1. The van der Waals surface area contributed by atoms with Gasteiger partial charge in [0, 0.05) is 42.5 Å². The van der Waals surface area contributed by atoms with Crippen molar-refractivity contribution in [2.45, 2.75) is 82.8 Å². The largest absolute Gasteiger partial charge is 0.497 e. The zero-order valence-electron chi connectivity index (χ0n) is 23.6. The number of nitrogens with one attached hydrogen (secondary N) is 1. The highest BCUT2D eigenvalue weighted by Gasteiger charge is 2.39. The fraction of sp³-hybridized carbons (Fsp3) is 0.633. The lowest BCUT2D eigenvalue weighted by atomic mass is 9.71. The molecular weight excluding hydrogens is 528 g/mol. The summed E-state index contributed by atoms with van der Waals surface area (Å²) in [5.74, 6) is 4.23. The predicted molar refractivity (Wildman–Crippen MR) is 158 cm³/mol. The first-order chi connectivity index (χ1) is 19.4. The van der Waals surface area contributed by atoms with Crippen molar-refractivity contribution in [2.24, 2.45) is 23.5 Å². The van der Waals surface area contributed by atoms with E-state index < -0.39 is 0 Å². The highest BCUT2D eigenvalue weighted by molar-refractivity contribution is 6.35. The summed E-state index contributed by atoms with van der Waals surface area (Å²) >= 11 is 6.70. The lowest BCUT2D eigenvalue weighted by Crippen LogP contribution is -2.49. The van der Waals surface area contributed by atoms with Gasteiger partial charge in [-0.25, -0.2) is 9.78 Å². The number of methoxy groups -OCH3 is 2. The number of nitrogens with zero attached hydrogens (tertiary/aromatic N) is 4. The summed E-state index contributed by atoms with van der Waals surface area (Å²) in [4.78, 5) is 27.1. The Morgan fingerprint density at radius 1 is 1.05 bits per heavy atom. The molecule has 1 aliphatic heterocycles. The number of anilines is 3. The molecular formula is C30H41ClN6O3. The molecule has 216 valence electrons. The summed E-state index contributed by atoms with van der Waals surface area (Å²) in [5, 5.41) is 3.95. The summed E-state index contributed by atoms with van der Waals surface area (Å²) < 4.78 is 10.9. The first kappa shape index (κ1) is 27.4. The molecule has 0 radical (unpaired) electrons. The summed E-state index contributed by atoms with van der Waals surface area (Å²) in [5.41, 5.74) is 8.01. The second-order valence-corrected chi connectivity index (χ2v) is 12.4. The Bertz CT molecular complexity index is 1230. The summed E-state index contributed by atoms with van der Waals surface area (Å²) in [6.07, 6.45) is 14.1. The third-order valence-corrected chi connectivity index (χ3v) is 9.72. The minimum absolute atomic E-state index is 0.0735. The number of ether oxygens (including phenoxy) is 2. The molecule has 0 bridgehead atoms. The maximum Gasteiger partial charge on any atom is 0.330 e. The average Bonchev–Trinajstić information content (AvgIpc) is 3.81. The van der Waals surface area contributed by atoms with E-state index in [1.54, 1.807) is 36.2 Å². The first-order valence-electron chi connectivity index (χ1n) is 14.8. The maximum atomic E-state index is 14.0. The normalized spacial score (nSPS) is 25.5. The monoisotopic (exact) mass is 568 g/mol. The Hall–Kier alpha value is -2.78. The highest BCUT2D eigenvalue weighted by Crippen LogP contribution is 2.43. The fourth-order valence-corrected chi connectivity index (χ4v) is 7.10. The Morgan fingerprint density at radius 3 is 2.58 bits per heavy atom. The molecule has 40 heavy (non-hydrogen) atoms. The van der Waals surface area contributed by atoms with Crippen LogP contribution in [0, 0.1) is 17.8 Å². The van der Waals surface area contributed by atoms with Crippen molar-refractivity contribution in [1.29, 1.82) is 0 Å². The van der Waals surface area contributed by atoms with Crippen LogP contribution in [0.2, 0.25) is 5.02 Å². The fourth-order valence-electron chi connectivity index (χ4n) is 6.81. The quantitative estimate of drug-likeness (QED) is 0.403. The molecule has 6 rings (SSSR count). The van der Waals surface area contributed by atoms with Crippen molar-refractivity contribution in [1.82, 2.24) is 9.97 Å². The predicted octanol–water partition coefficient (Wildman–Crippen LogP) is 5.99. The van der Waals surface area contributed by atoms with E-state index in [1.165, 1.54) is 38.5 Å². The van der Waals surface area contributed by atoms with Crippen LogP contribution in [0.4, 0.5) is 22.2 Å². The molecule has 3 saturated carbocycles. The van der Waals surface area contributed by atoms with E-state index in [2.05, 4.69) is 5.32 Å². The molecule has 2 amide bonds. The number of rotatable bonds is 8. The van der Waals surface area contributed by atoms with Crippen molar-refractivity contribution >= 4 is 35.1 Å². The van der Waals surface area contributed by atoms with E-state index >= 15 is 0 Å². The van der Waals surface area contributed by atoms with Crippen LogP contribution in [-0.2, 0) is 6.54 Å². The van der Waals surface area contributed by atoms with E-state index in [-0.39, 0.29) is 18.1 Å². The number of nitrogens with two attached hydrogens (primary N) is 1. The number of aromatic nitrogens is 2. The Morgan fingerprint density at radius 2 is 1.85 bits per heavy atom. The van der Waals surface area contributed by atoms with E-state index in [0.717, 1.165) is 37.2 Å². The minimum atomic E-state index is -0.159. The molecule has 3 atom stereocenters. The van der Waals surface area contributed by atoms with Gasteiger partial charge in [0.2, 0.25) is 5.95 Å². The van der Waals surface area contributed by atoms with Crippen LogP contribution in [0.15, 0.2) is 18.3 Å². The van der Waals surface area contributed by atoms with Gasteiger partial charge in [0.15, 0.2) is 0 Å². The zero-order valence-corrected chi connectivity index (χ0v) is 24.3. The van der Waals surface area contributed by atoms with Crippen LogP contribution < -0.4 is 30.3 Å². The third-order valence-electron chi connectivity index (χ3n) is 9.34. The van der Waals surface area contributed by atoms with Gasteiger partial charge < -0.3 is 20.5 Å². The number of halogens is 1. The van der Waals surface area contributed by atoms with Gasteiger partial charge in [-0.3, -0.25) is 9.80 Å². The molecule has 1 aromatic carbocycles. The molecule has 1 aromatic heterocycles.